The number of hydrogen-bond donors (Lipinski definition) is 0. The molecule has 0 bridgehead atoms. The van der Waals surface area contributed by atoms with Crippen molar-refractivity contribution in [3.8, 4) is 0 Å². The average molecular weight is 275 g/mol. The SMILES string of the molecule is CS(=O)c1c(Br)sc2ccccc12. The predicted octanol–water partition coefficient (Wildman–Crippen LogP) is 3.40. The summed E-state index contributed by atoms with van der Waals surface area (Å²) in [4.78, 5) is 0.917. The third-order valence-electron chi connectivity index (χ3n) is 1.80. The topological polar surface area (TPSA) is 17.1 Å². The summed E-state index contributed by atoms with van der Waals surface area (Å²) in [7, 11) is -0.920. The van der Waals surface area contributed by atoms with Gasteiger partial charge in [0, 0.05) is 16.3 Å². The van der Waals surface area contributed by atoms with Gasteiger partial charge in [0.2, 0.25) is 0 Å². The molecule has 1 nitrogen and oxygen atoms in total. The van der Waals surface area contributed by atoms with Crippen LogP contribution in [0, 0.1) is 0 Å². The molecule has 0 fully saturated rings. The Bertz CT molecular complexity index is 475. The molecule has 1 heterocycles. The normalized spacial score (nSPS) is 13.4. The second kappa shape index (κ2) is 3.52. The van der Waals surface area contributed by atoms with E-state index in [1.165, 1.54) is 4.70 Å². The number of fused-ring (bicyclic) bond motifs is 1. The summed E-state index contributed by atoms with van der Waals surface area (Å²) >= 11 is 5.07. The summed E-state index contributed by atoms with van der Waals surface area (Å²) in [5.41, 5.74) is 0. The molecular weight excluding hydrogens is 268 g/mol. The fourth-order valence-corrected chi connectivity index (χ4v) is 4.76. The van der Waals surface area contributed by atoms with E-state index < -0.39 is 10.8 Å². The first-order valence-electron chi connectivity index (χ1n) is 3.70. The van der Waals surface area contributed by atoms with Crippen molar-refractivity contribution in [2.24, 2.45) is 0 Å². The molecule has 0 aliphatic rings. The molecule has 13 heavy (non-hydrogen) atoms. The molecule has 0 N–H and O–H groups in total. The van der Waals surface area contributed by atoms with Crippen LogP contribution in [0.4, 0.5) is 0 Å². The first-order valence-corrected chi connectivity index (χ1v) is 6.87. The predicted molar refractivity (Wildman–Crippen MR) is 61.9 cm³/mol. The van der Waals surface area contributed by atoms with Crippen molar-refractivity contribution in [3.05, 3.63) is 28.1 Å². The lowest BCUT2D eigenvalue weighted by molar-refractivity contribution is 0.687. The van der Waals surface area contributed by atoms with E-state index in [0.717, 1.165) is 14.1 Å². The molecule has 0 spiro atoms. The fraction of sp³-hybridized carbons (Fsp3) is 0.111. The lowest BCUT2D eigenvalue weighted by Crippen LogP contribution is -1.84. The highest BCUT2D eigenvalue weighted by Gasteiger charge is 2.11. The molecule has 0 amide bonds. The molecule has 0 aliphatic carbocycles. The van der Waals surface area contributed by atoms with E-state index in [1.807, 2.05) is 24.3 Å². The minimum Gasteiger partial charge on any atom is -0.255 e. The van der Waals surface area contributed by atoms with Crippen molar-refractivity contribution in [1.82, 2.24) is 0 Å². The maximum atomic E-state index is 11.4. The van der Waals surface area contributed by atoms with E-state index in [2.05, 4.69) is 15.9 Å². The Hall–Kier alpha value is -0.190. The van der Waals surface area contributed by atoms with Gasteiger partial charge < -0.3 is 0 Å². The van der Waals surface area contributed by atoms with Crippen molar-refractivity contribution in [2.45, 2.75) is 4.90 Å². The molecular formula is C9H7BrOS2. The lowest BCUT2D eigenvalue weighted by atomic mass is 10.3. The van der Waals surface area contributed by atoms with Gasteiger partial charge in [0.25, 0.3) is 0 Å². The Morgan fingerprint density at radius 1 is 1.38 bits per heavy atom. The van der Waals surface area contributed by atoms with Gasteiger partial charge in [-0.3, -0.25) is 4.21 Å². The lowest BCUT2D eigenvalue weighted by Gasteiger charge is -1.93. The molecule has 0 aliphatic heterocycles. The van der Waals surface area contributed by atoms with Gasteiger partial charge in [-0.2, -0.15) is 0 Å². The summed E-state index contributed by atoms with van der Waals surface area (Å²) in [6.07, 6.45) is 1.71. The maximum Gasteiger partial charge on any atom is 0.0872 e. The van der Waals surface area contributed by atoms with E-state index >= 15 is 0 Å². The van der Waals surface area contributed by atoms with Crippen LogP contribution in [0.5, 0.6) is 0 Å². The summed E-state index contributed by atoms with van der Waals surface area (Å²) in [5, 5.41) is 1.10. The highest BCUT2D eigenvalue weighted by molar-refractivity contribution is 9.11. The molecule has 1 aromatic carbocycles. The smallest absolute Gasteiger partial charge is 0.0872 e. The van der Waals surface area contributed by atoms with Crippen LogP contribution in [0.2, 0.25) is 0 Å². The second-order valence-corrected chi connectivity index (χ2v) is 6.34. The standard InChI is InChI=1S/C9H7BrOS2/c1-13(11)8-6-4-2-3-5-7(6)12-9(8)10/h2-5H,1H3. The molecule has 1 atom stereocenters. The Labute approximate surface area is 91.4 Å². The van der Waals surface area contributed by atoms with Gasteiger partial charge in [0.1, 0.15) is 0 Å². The van der Waals surface area contributed by atoms with Crippen LogP contribution in [0.15, 0.2) is 32.9 Å². The van der Waals surface area contributed by atoms with Crippen LogP contribution in [0.3, 0.4) is 0 Å². The third kappa shape index (κ3) is 1.58. The number of halogens is 1. The van der Waals surface area contributed by atoms with Crippen LogP contribution in [0.25, 0.3) is 10.1 Å². The first kappa shape index (κ1) is 9.37. The zero-order chi connectivity index (χ0) is 9.42. The van der Waals surface area contributed by atoms with Crippen LogP contribution in [0.1, 0.15) is 0 Å². The fourth-order valence-electron chi connectivity index (χ4n) is 1.26. The molecule has 1 unspecified atom stereocenters. The van der Waals surface area contributed by atoms with E-state index in [4.69, 9.17) is 0 Å². The Kier molecular flexibility index (Phi) is 2.53. The van der Waals surface area contributed by atoms with Crippen LogP contribution in [-0.4, -0.2) is 10.5 Å². The quantitative estimate of drug-likeness (QED) is 0.779. The summed E-state index contributed by atoms with van der Waals surface area (Å²) in [6, 6.07) is 8.01. The van der Waals surface area contributed by atoms with Gasteiger partial charge in [-0.05, 0) is 22.0 Å². The molecule has 1 aromatic heterocycles. The monoisotopic (exact) mass is 274 g/mol. The van der Waals surface area contributed by atoms with Gasteiger partial charge >= 0.3 is 0 Å². The molecule has 0 radical (unpaired) electrons. The highest BCUT2D eigenvalue weighted by Crippen LogP contribution is 2.36. The minimum absolute atomic E-state index is 0.917. The van der Waals surface area contributed by atoms with Crippen molar-refractivity contribution in [1.29, 1.82) is 0 Å². The number of benzene rings is 1. The maximum absolute atomic E-state index is 11.4. The van der Waals surface area contributed by atoms with E-state index in [-0.39, 0.29) is 0 Å². The van der Waals surface area contributed by atoms with E-state index in [9.17, 15) is 4.21 Å². The second-order valence-electron chi connectivity index (χ2n) is 2.66. The van der Waals surface area contributed by atoms with Crippen LogP contribution in [-0.2, 0) is 10.8 Å². The Morgan fingerprint density at radius 3 is 2.77 bits per heavy atom. The number of thiophene rings is 1. The Balaban J connectivity index is 2.86. The van der Waals surface area contributed by atoms with Gasteiger partial charge in [0.15, 0.2) is 0 Å². The van der Waals surface area contributed by atoms with Gasteiger partial charge in [0.05, 0.1) is 19.5 Å². The molecule has 2 aromatic rings. The Morgan fingerprint density at radius 2 is 2.08 bits per heavy atom. The van der Waals surface area contributed by atoms with Gasteiger partial charge in [-0.15, -0.1) is 11.3 Å². The zero-order valence-corrected chi connectivity index (χ0v) is 10.1. The third-order valence-corrected chi connectivity index (χ3v) is 5.03. The summed E-state index contributed by atoms with van der Waals surface area (Å²) in [6.45, 7) is 0. The van der Waals surface area contributed by atoms with Crippen LogP contribution < -0.4 is 0 Å². The van der Waals surface area contributed by atoms with Crippen molar-refractivity contribution >= 4 is 48.2 Å². The van der Waals surface area contributed by atoms with Crippen LogP contribution >= 0.6 is 27.3 Å². The van der Waals surface area contributed by atoms with Crippen molar-refractivity contribution < 1.29 is 4.21 Å². The highest BCUT2D eigenvalue weighted by atomic mass is 79.9. The molecule has 68 valence electrons. The molecule has 0 saturated heterocycles. The van der Waals surface area contributed by atoms with Crippen molar-refractivity contribution in [3.63, 3.8) is 0 Å². The summed E-state index contributed by atoms with van der Waals surface area (Å²) < 4.78 is 13.6. The molecule has 2 rings (SSSR count). The molecule has 0 saturated carbocycles. The summed E-state index contributed by atoms with van der Waals surface area (Å²) in [5.74, 6) is 0. The number of hydrogen-bond acceptors (Lipinski definition) is 2. The van der Waals surface area contributed by atoms with E-state index in [1.54, 1.807) is 17.6 Å². The van der Waals surface area contributed by atoms with Crippen molar-refractivity contribution in [2.75, 3.05) is 6.26 Å². The van der Waals surface area contributed by atoms with Gasteiger partial charge in [-0.1, -0.05) is 18.2 Å². The average Bonchev–Trinajstić information content (AvgIpc) is 2.39. The first-order chi connectivity index (χ1) is 6.20. The van der Waals surface area contributed by atoms with Gasteiger partial charge in [-0.25, -0.2) is 0 Å². The zero-order valence-electron chi connectivity index (χ0n) is 6.91. The minimum atomic E-state index is -0.920. The molecule has 4 heteroatoms. The largest absolute Gasteiger partial charge is 0.255 e. The van der Waals surface area contributed by atoms with E-state index in [0.29, 0.717) is 0 Å². The number of rotatable bonds is 1.